The van der Waals surface area contributed by atoms with E-state index in [2.05, 4.69) is 35.4 Å². The molecule has 19 nitrogen and oxygen atoms in total. The van der Waals surface area contributed by atoms with E-state index in [1.165, 1.54) is 0 Å². The maximum absolute atomic E-state index is 13.3. The zero-order valence-electron chi connectivity index (χ0n) is 32.5. The molecule has 9 rings (SSSR count). The number of nitrogens with one attached hydrogen (secondary N) is 2. The number of likely N-dealkylation sites (N-methyl/N-ethyl adjacent to an activating group) is 1. The number of hydrogen-bond donors (Lipinski definition) is 4. The summed E-state index contributed by atoms with van der Waals surface area (Å²) in [6, 6.07) is 4.68. The second-order valence-electron chi connectivity index (χ2n) is 16.4. The standard InChI is InChI=1S/C39H49N13O6/c1-46-13-14-50(39(46)58)27-3-2-10-48(22-27)31-17-41-33(34(40)54)35(44-31)43-24-16-42-51(21-24)25-8-11-47(12-9-25)18-23-19-49(20-23)26-4-5-28-29(15-26)38(57)52(37(28)56)30-6-7-32(53)45-36(30)55/h4-5,15-17,21,23,25,27,30,34,54H,2-3,6-14,18-20,22,40H2,1H3,(H,43,44)(H,45,53,55)/t27-,30?,34?/m0/s1. The zero-order chi connectivity index (χ0) is 40.2. The van der Waals surface area contributed by atoms with Crippen molar-refractivity contribution in [3.8, 4) is 0 Å². The molecule has 6 aliphatic rings. The van der Waals surface area contributed by atoms with Crippen LogP contribution in [0.2, 0.25) is 0 Å². The highest BCUT2D eigenvalue weighted by atomic mass is 16.3. The van der Waals surface area contributed by atoms with E-state index in [-0.39, 0.29) is 42.2 Å². The molecule has 5 saturated heterocycles. The van der Waals surface area contributed by atoms with Crippen molar-refractivity contribution in [3.63, 3.8) is 0 Å². The van der Waals surface area contributed by atoms with Crippen molar-refractivity contribution in [1.29, 1.82) is 0 Å². The van der Waals surface area contributed by atoms with E-state index in [9.17, 15) is 29.1 Å². The molecule has 5 N–H and O–H groups in total. The second kappa shape index (κ2) is 15.3. The van der Waals surface area contributed by atoms with Crippen molar-refractivity contribution >= 4 is 52.7 Å². The Balaban J connectivity index is 0.766. The van der Waals surface area contributed by atoms with Crippen LogP contribution >= 0.6 is 0 Å². The molecule has 6 aliphatic heterocycles. The summed E-state index contributed by atoms with van der Waals surface area (Å²) in [5.41, 5.74) is 8.30. The maximum atomic E-state index is 13.3. The number of benzene rings is 1. The number of rotatable bonds is 10. The number of piperidine rings is 3. The van der Waals surface area contributed by atoms with Gasteiger partial charge in [-0.3, -0.25) is 34.1 Å². The lowest BCUT2D eigenvalue weighted by Gasteiger charge is -2.44. The summed E-state index contributed by atoms with van der Waals surface area (Å²) < 4.78 is 1.99. The number of amides is 6. The van der Waals surface area contributed by atoms with Gasteiger partial charge in [-0.25, -0.2) is 14.8 Å². The SMILES string of the molecule is CN1CCN([C@H]2CCCN(c3cnc(C(N)O)c(Nc4cnn(C5CCN(CC6CN(c7ccc8c(c7)C(=O)N(C7CCC(=O)NC7=O)C8=O)C6)CC5)c4)n3)C2)C1=O. The number of carbonyl (C=O) groups is 5. The molecule has 306 valence electrons. The molecule has 5 fully saturated rings. The van der Waals surface area contributed by atoms with Crippen molar-refractivity contribution in [3.05, 3.63) is 53.6 Å². The minimum atomic E-state index is -1.32. The number of aromatic nitrogens is 4. The van der Waals surface area contributed by atoms with Gasteiger partial charge in [-0.05, 0) is 50.3 Å². The van der Waals surface area contributed by atoms with Gasteiger partial charge in [0.15, 0.2) is 5.82 Å². The molecule has 0 spiro atoms. The number of carbonyl (C=O) groups excluding carboxylic acids is 5. The Morgan fingerprint density at radius 3 is 2.45 bits per heavy atom. The number of aliphatic hydroxyl groups excluding tert-OH is 1. The average Bonchev–Trinajstić information content (AvgIpc) is 3.88. The molecule has 3 aromatic rings. The third-order valence-corrected chi connectivity index (χ3v) is 12.5. The van der Waals surface area contributed by atoms with Gasteiger partial charge >= 0.3 is 6.03 Å². The van der Waals surface area contributed by atoms with Crippen molar-refractivity contribution in [1.82, 2.24) is 44.7 Å². The molecular formula is C39H49N13O6. The number of urea groups is 1. The number of likely N-dealkylation sites (tertiary alicyclic amines) is 1. The maximum Gasteiger partial charge on any atom is 0.320 e. The van der Waals surface area contributed by atoms with E-state index in [1.807, 2.05) is 28.9 Å². The minimum absolute atomic E-state index is 0.0622. The van der Waals surface area contributed by atoms with Crippen molar-refractivity contribution in [2.75, 3.05) is 81.1 Å². The molecule has 0 radical (unpaired) electrons. The molecule has 0 saturated carbocycles. The van der Waals surface area contributed by atoms with E-state index in [0.29, 0.717) is 35.3 Å². The van der Waals surface area contributed by atoms with E-state index in [1.54, 1.807) is 29.4 Å². The molecule has 19 heteroatoms. The summed E-state index contributed by atoms with van der Waals surface area (Å²) in [5, 5.41) is 20.5. The normalized spacial score (nSPS) is 24.1. The fraction of sp³-hybridized carbons (Fsp3) is 0.538. The molecule has 2 aromatic heterocycles. The van der Waals surface area contributed by atoms with Crippen LogP contribution in [0, 0.1) is 5.92 Å². The molecule has 3 atom stereocenters. The second-order valence-corrected chi connectivity index (χ2v) is 16.4. The lowest BCUT2D eigenvalue weighted by atomic mass is 9.95. The summed E-state index contributed by atoms with van der Waals surface area (Å²) in [5.74, 6) is -0.518. The summed E-state index contributed by atoms with van der Waals surface area (Å²) in [4.78, 5) is 84.0. The number of nitrogens with zero attached hydrogens (tertiary/aromatic N) is 10. The number of hydrogen-bond acceptors (Lipinski definition) is 14. The first-order valence-corrected chi connectivity index (χ1v) is 20.2. The van der Waals surface area contributed by atoms with Crippen LogP contribution in [0.3, 0.4) is 0 Å². The highest BCUT2D eigenvalue weighted by molar-refractivity contribution is 6.23. The summed E-state index contributed by atoms with van der Waals surface area (Å²) in [7, 11) is 1.83. The van der Waals surface area contributed by atoms with Gasteiger partial charge in [0.05, 0.1) is 41.3 Å². The smallest absolute Gasteiger partial charge is 0.320 e. The predicted molar refractivity (Wildman–Crippen MR) is 210 cm³/mol. The number of aliphatic hydroxyl groups is 1. The van der Waals surface area contributed by atoms with Gasteiger partial charge < -0.3 is 40.7 Å². The Morgan fingerprint density at radius 2 is 1.71 bits per heavy atom. The predicted octanol–water partition coefficient (Wildman–Crippen LogP) is 0.877. The van der Waals surface area contributed by atoms with Crippen molar-refractivity contribution < 1.29 is 29.1 Å². The third-order valence-electron chi connectivity index (χ3n) is 12.5. The van der Waals surface area contributed by atoms with Gasteiger partial charge in [0.25, 0.3) is 11.8 Å². The van der Waals surface area contributed by atoms with Crippen molar-refractivity contribution in [2.45, 2.75) is 62.9 Å². The molecule has 8 heterocycles. The molecule has 0 bridgehead atoms. The Bertz CT molecular complexity index is 2130. The van der Waals surface area contributed by atoms with E-state index < -0.39 is 35.9 Å². The van der Waals surface area contributed by atoms with Crippen LogP contribution in [-0.2, 0) is 9.59 Å². The zero-order valence-corrected chi connectivity index (χ0v) is 32.5. The van der Waals surface area contributed by atoms with Gasteiger partial charge in [-0.15, -0.1) is 0 Å². The molecule has 1 aromatic carbocycles. The number of imide groups is 2. The van der Waals surface area contributed by atoms with Crippen LogP contribution in [0.15, 0.2) is 36.8 Å². The molecule has 6 amide bonds. The Kier molecular flexibility index (Phi) is 9.97. The minimum Gasteiger partial charge on any atom is -0.373 e. The lowest BCUT2D eigenvalue weighted by molar-refractivity contribution is -0.136. The van der Waals surface area contributed by atoms with Gasteiger partial charge in [0.1, 0.15) is 23.8 Å². The number of fused-ring (bicyclic) bond motifs is 1. The van der Waals surface area contributed by atoms with Gasteiger partial charge in [0.2, 0.25) is 11.8 Å². The average molecular weight is 796 g/mol. The molecule has 58 heavy (non-hydrogen) atoms. The summed E-state index contributed by atoms with van der Waals surface area (Å²) >= 11 is 0. The van der Waals surface area contributed by atoms with Crippen LogP contribution in [0.25, 0.3) is 0 Å². The lowest BCUT2D eigenvalue weighted by Crippen LogP contribution is -2.54. The van der Waals surface area contributed by atoms with E-state index in [4.69, 9.17) is 10.7 Å². The fourth-order valence-electron chi connectivity index (χ4n) is 9.30. The van der Waals surface area contributed by atoms with Gasteiger partial charge in [0, 0.05) is 90.2 Å². The molecule has 2 unspecified atom stereocenters. The first-order chi connectivity index (χ1) is 28.0. The number of anilines is 4. The third kappa shape index (κ3) is 7.10. The van der Waals surface area contributed by atoms with Crippen LogP contribution in [0.4, 0.5) is 27.8 Å². The summed E-state index contributed by atoms with van der Waals surface area (Å²) in [6.45, 7) is 7.39. The Hall–Kier alpha value is -5.66. The molecular weight excluding hydrogens is 747 g/mol. The monoisotopic (exact) mass is 795 g/mol. The highest BCUT2D eigenvalue weighted by Crippen LogP contribution is 2.34. The Morgan fingerprint density at radius 1 is 0.914 bits per heavy atom. The van der Waals surface area contributed by atoms with Gasteiger partial charge in [-0.2, -0.15) is 5.10 Å². The first kappa shape index (κ1) is 37.9. The highest BCUT2D eigenvalue weighted by Gasteiger charge is 2.45. The molecule has 0 aliphatic carbocycles. The van der Waals surface area contributed by atoms with Crippen molar-refractivity contribution in [2.24, 2.45) is 11.7 Å². The van der Waals surface area contributed by atoms with Crippen LogP contribution in [0.1, 0.15) is 77.2 Å². The topological polar surface area (TPSA) is 219 Å². The van der Waals surface area contributed by atoms with Crippen LogP contribution in [-0.4, -0.2) is 152 Å². The van der Waals surface area contributed by atoms with Crippen LogP contribution in [0.5, 0.6) is 0 Å². The van der Waals surface area contributed by atoms with E-state index in [0.717, 1.165) is 88.6 Å². The summed E-state index contributed by atoms with van der Waals surface area (Å²) in [6.07, 6.45) is 7.97. The fourth-order valence-corrected chi connectivity index (χ4v) is 9.30. The number of nitrogens with two attached hydrogens (primary N) is 1. The van der Waals surface area contributed by atoms with E-state index >= 15 is 0 Å². The first-order valence-electron chi connectivity index (χ1n) is 20.2. The largest absolute Gasteiger partial charge is 0.373 e. The van der Waals surface area contributed by atoms with Gasteiger partial charge in [-0.1, -0.05) is 0 Å². The quantitative estimate of drug-likeness (QED) is 0.166. The van der Waals surface area contributed by atoms with Crippen LogP contribution < -0.4 is 26.2 Å². The Labute approximate surface area is 335 Å².